The summed E-state index contributed by atoms with van der Waals surface area (Å²) in [6.45, 7) is 4.44. The molecule has 1 aliphatic rings. The van der Waals surface area contributed by atoms with Crippen molar-refractivity contribution in [1.82, 2.24) is 15.2 Å². The maximum atomic E-state index is 12.4. The van der Waals surface area contributed by atoms with Crippen LogP contribution < -0.4 is 15.5 Å². The van der Waals surface area contributed by atoms with Gasteiger partial charge in [-0.3, -0.25) is 14.9 Å². The zero-order valence-corrected chi connectivity index (χ0v) is 16.7. The number of hydrogen-bond acceptors (Lipinski definition) is 6. The lowest BCUT2D eigenvalue weighted by Gasteiger charge is -2.35. The predicted molar refractivity (Wildman–Crippen MR) is 113 cm³/mol. The van der Waals surface area contributed by atoms with Crippen LogP contribution in [0.25, 0.3) is 0 Å². The minimum absolute atomic E-state index is 0.0260. The van der Waals surface area contributed by atoms with E-state index in [-0.39, 0.29) is 24.6 Å². The van der Waals surface area contributed by atoms with Gasteiger partial charge < -0.3 is 20.4 Å². The molecule has 3 amide bonds. The van der Waals surface area contributed by atoms with Crippen molar-refractivity contribution in [2.45, 2.75) is 13.3 Å². The number of benzene rings is 1. The third-order valence-corrected chi connectivity index (χ3v) is 4.89. The standard InChI is InChI=1S/C20H24N6O4/c1-15-5-6-16(14-17(15)26(29)30)23-20(28)22-9-7-19(27)25-12-10-24(11-13-25)18-4-2-3-8-21-18/h2-6,8,14H,7,9-13H2,1H3,(H2,22,23,28). The minimum Gasteiger partial charge on any atom is -0.353 e. The zero-order valence-electron chi connectivity index (χ0n) is 16.7. The molecule has 0 radical (unpaired) electrons. The summed E-state index contributed by atoms with van der Waals surface area (Å²) in [6, 6.07) is 9.71. The van der Waals surface area contributed by atoms with E-state index in [1.54, 1.807) is 30.2 Å². The molecule has 10 heteroatoms. The van der Waals surface area contributed by atoms with Crippen LogP contribution in [-0.2, 0) is 4.79 Å². The van der Waals surface area contributed by atoms with Crippen molar-refractivity contribution in [3.63, 3.8) is 0 Å². The lowest BCUT2D eigenvalue weighted by Crippen LogP contribution is -2.49. The van der Waals surface area contributed by atoms with Crippen LogP contribution in [0.15, 0.2) is 42.6 Å². The molecule has 2 aromatic rings. The van der Waals surface area contributed by atoms with E-state index in [2.05, 4.69) is 20.5 Å². The lowest BCUT2D eigenvalue weighted by atomic mass is 10.2. The molecule has 0 spiro atoms. The minimum atomic E-state index is -0.513. The van der Waals surface area contributed by atoms with Crippen LogP contribution in [0.5, 0.6) is 0 Å². The molecule has 0 atom stereocenters. The topological polar surface area (TPSA) is 121 Å². The summed E-state index contributed by atoms with van der Waals surface area (Å²) in [7, 11) is 0. The van der Waals surface area contributed by atoms with E-state index in [1.807, 2.05) is 18.2 Å². The summed E-state index contributed by atoms with van der Waals surface area (Å²) in [6.07, 6.45) is 1.93. The highest BCUT2D eigenvalue weighted by molar-refractivity contribution is 5.90. The Labute approximate surface area is 174 Å². The molecule has 1 fully saturated rings. The highest BCUT2D eigenvalue weighted by atomic mass is 16.6. The molecule has 0 unspecified atom stereocenters. The van der Waals surface area contributed by atoms with E-state index in [1.165, 1.54) is 6.07 Å². The van der Waals surface area contributed by atoms with Gasteiger partial charge in [-0.25, -0.2) is 9.78 Å². The normalized spacial score (nSPS) is 13.6. The quantitative estimate of drug-likeness (QED) is 0.554. The average Bonchev–Trinajstić information content (AvgIpc) is 2.75. The van der Waals surface area contributed by atoms with Crippen molar-refractivity contribution in [2.24, 2.45) is 0 Å². The van der Waals surface area contributed by atoms with E-state index >= 15 is 0 Å². The molecule has 2 heterocycles. The first-order valence-electron chi connectivity index (χ1n) is 9.67. The number of aromatic nitrogens is 1. The molecular weight excluding hydrogens is 388 g/mol. The van der Waals surface area contributed by atoms with Crippen molar-refractivity contribution in [2.75, 3.05) is 42.9 Å². The van der Waals surface area contributed by atoms with Crippen LogP contribution in [0.1, 0.15) is 12.0 Å². The number of nitro benzene ring substituents is 1. The Hall–Kier alpha value is -3.69. The molecule has 0 bridgehead atoms. The number of rotatable bonds is 6. The number of nitrogens with zero attached hydrogens (tertiary/aromatic N) is 4. The molecule has 0 saturated carbocycles. The Balaban J connectivity index is 1.40. The van der Waals surface area contributed by atoms with Crippen LogP contribution in [0.4, 0.5) is 22.0 Å². The lowest BCUT2D eigenvalue weighted by molar-refractivity contribution is -0.385. The highest BCUT2D eigenvalue weighted by Crippen LogP contribution is 2.22. The van der Waals surface area contributed by atoms with Gasteiger partial charge in [-0.1, -0.05) is 12.1 Å². The van der Waals surface area contributed by atoms with Crippen molar-refractivity contribution < 1.29 is 14.5 Å². The molecule has 0 aliphatic carbocycles. The number of carbonyl (C=O) groups excluding carboxylic acids is 2. The Morgan fingerprint density at radius 2 is 1.93 bits per heavy atom. The first kappa shape index (κ1) is 21.0. The fraction of sp³-hybridized carbons (Fsp3) is 0.350. The number of aryl methyl sites for hydroxylation is 1. The van der Waals surface area contributed by atoms with E-state index in [4.69, 9.17) is 0 Å². The fourth-order valence-corrected chi connectivity index (χ4v) is 3.23. The van der Waals surface area contributed by atoms with Crippen LogP contribution >= 0.6 is 0 Å². The van der Waals surface area contributed by atoms with Gasteiger partial charge in [0.25, 0.3) is 5.69 Å². The number of nitro groups is 1. The Morgan fingerprint density at radius 1 is 1.17 bits per heavy atom. The monoisotopic (exact) mass is 412 g/mol. The maximum Gasteiger partial charge on any atom is 0.319 e. The summed E-state index contributed by atoms with van der Waals surface area (Å²) in [5.41, 5.74) is 0.772. The van der Waals surface area contributed by atoms with Crippen molar-refractivity contribution >= 4 is 29.1 Å². The van der Waals surface area contributed by atoms with E-state index in [0.29, 0.717) is 37.4 Å². The number of hydrogen-bond donors (Lipinski definition) is 2. The molecule has 2 N–H and O–H groups in total. The highest BCUT2D eigenvalue weighted by Gasteiger charge is 2.21. The van der Waals surface area contributed by atoms with Gasteiger partial charge in [0.05, 0.1) is 4.92 Å². The summed E-state index contributed by atoms with van der Waals surface area (Å²) in [5.74, 6) is 0.876. The first-order valence-corrected chi connectivity index (χ1v) is 9.67. The predicted octanol–water partition coefficient (Wildman–Crippen LogP) is 2.16. The third-order valence-electron chi connectivity index (χ3n) is 4.89. The van der Waals surface area contributed by atoms with Gasteiger partial charge in [-0.05, 0) is 25.1 Å². The number of pyridine rings is 1. The summed E-state index contributed by atoms with van der Waals surface area (Å²) < 4.78 is 0. The van der Waals surface area contributed by atoms with Crippen LogP contribution in [0.2, 0.25) is 0 Å². The second kappa shape index (κ2) is 9.68. The molecule has 10 nitrogen and oxygen atoms in total. The number of carbonyl (C=O) groups is 2. The smallest absolute Gasteiger partial charge is 0.319 e. The molecule has 158 valence electrons. The molecule has 1 aromatic carbocycles. The number of amides is 3. The van der Waals surface area contributed by atoms with Gasteiger partial charge in [0.15, 0.2) is 0 Å². The Bertz CT molecular complexity index is 913. The van der Waals surface area contributed by atoms with Gasteiger partial charge in [0, 0.05) is 62.7 Å². The molecule has 1 aromatic heterocycles. The largest absolute Gasteiger partial charge is 0.353 e. The number of urea groups is 1. The maximum absolute atomic E-state index is 12.4. The second-order valence-electron chi connectivity index (χ2n) is 6.95. The number of piperazine rings is 1. The van der Waals surface area contributed by atoms with Gasteiger partial charge in [-0.2, -0.15) is 0 Å². The van der Waals surface area contributed by atoms with Crippen LogP contribution in [0.3, 0.4) is 0 Å². The van der Waals surface area contributed by atoms with E-state index in [0.717, 1.165) is 5.82 Å². The Kier molecular flexibility index (Phi) is 6.79. The number of anilines is 2. The van der Waals surface area contributed by atoms with Crippen molar-refractivity contribution in [1.29, 1.82) is 0 Å². The first-order chi connectivity index (χ1) is 14.4. The fourth-order valence-electron chi connectivity index (χ4n) is 3.23. The van der Waals surface area contributed by atoms with Crippen LogP contribution in [0, 0.1) is 17.0 Å². The molecule has 1 aliphatic heterocycles. The van der Waals surface area contributed by atoms with Gasteiger partial charge in [0.2, 0.25) is 5.91 Å². The van der Waals surface area contributed by atoms with Gasteiger partial charge >= 0.3 is 6.03 Å². The zero-order chi connectivity index (χ0) is 21.5. The third kappa shape index (κ3) is 5.43. The van der Waals surface area contributed by atoms with Crippen molar-refractivity contribution in [3.05, 3.63) is 58.3 Å². The van der Waals surface area contributed by atoms with E-state index in [9.17, 15) is 19.7 Å². The second-order valence-corrected chi connectivity index (χ2v) is 6.95. The molecular formula is C20H24N6O4. The average molecular weight is 412 g/mol. The summed E-state index contributed by atoms with van der Waals surface area (Å²) >= 11 is 0. The van der Waals surface area contributed by atoms with Gasteiger partial charge in [-0.15, -0.1) is 0 Å². The summed E-state index contributed by atoms with van der Waals surface area (Å²) in [5, 5.41) is 16.1. The summed E-state index contributed by atoms with van der Waals surface area (Å²) in [4.78, 5) is 43.1. The van der Waals surface area contributed by atoms with Crippen molar-refractivity contribution in [3.8, 4) is 0 Å². The van der Waals surface area contributed by atoms with E-state index < -0.39 is 11.0 Å². The molecule has 3 rings (SSSR count). The Morgan fingerprint density at radius 3 is 2.60 bits per heavy atom. The van der Waals surface area contributed by atoms with Crippen LogP contribution in [-0.4, -0.2) is 59.5 Å². The van der Waals surface area contributed by atoms with Gasteiger partial charge in [0.1, 0.15) is 5.82 Å². The SMILES string of the molecule is Cc1ccc(NC(=O)NCCC(=O)N2CCN(c3ccccn3)CC2)cc1[N+](=O)[O-]. The molecule has 30 heavy (non-hydrogen) atoms. The molecule has 1 saturated heterocycles. The number of nitrogens with one attached hydrogen (secondary N) is 2.